The first kappa shape index (κ1) is 13.2. The number of hydrogen-bond donors (Lipinski definition) is 1. The van der Waals surface area contributed by atoms with Crippen molar-refractivity contribution in [2.24, 2.45) is 0 Å². The van der Waals surface area contributed by atoms with E-state index in [0.29, 0.717) is 11.2 Å². The fourth-order valence-electron chi connectivity index (χ4n) is 2.27. The van der Waals surface area contributed by atoms with Crippen molar-refractivity contribution in [1.82, 2.24) is 0 Å². The molecule has 0 bridgehead atoms. The summed E-state index contributed by atoms with van der Waals surface area (Å²) in [6.45, 7) is 0. The molecule has 2 unspecified atom stereocenters. The number of benzene rings is 2. The highest BCUT2D eigenvalue weighted by Crippen LogP contribution is 2.51. The highest BCUT2D eigenvalue weighted by Gasteiger charge is 2.39. The van der Waals surface area contributed by atoms with Crippen LogP contribution in [0.2, 0.25) is 0 Å². The minimum Gasteiger partial charge on any atom is -0.478 e. The Hall–Kier alpha value is -1.81. The molecule has 0 heterocycles. The van der Waals surface area contributed by atoms with E-state index in [2.05, 4.69) is 12.1 Å². The number of carbonyl (C=O) groups is 1. The fourth-order valence-corrected chi connectivity index (χ4v) is 3.58. The van der Waals surface area contributed by atoms with Crippen LogP contribution in [0.4, 0.5) is 4.39 Å². The second kappa shape index (κ2) is 5.29. The Morgan fingerprint density at radius 2 is 1.95 bits per heavy atom. The predicted octanol–water partition coefficient (Wildman–Crippen LogP) is 4.17. The Balaban J connectivity index is 1.71. The monoisotopic (exact) mass is 288 g/mol. The van der Waals surface area contributed by atoms with E-state index < -0.39 is 11.8 Å². The summed E-state index contributed by atoms with van der Waals surface area (Å²) in [7, 11) is 0. The van der Waals surface area contributed by atoms with Crippen molar-refractivity contribution in [3.05, 3.63) is 65.5 Å². The first-order valence-corrected chi connectivity index (χ1v) is 7.27. The third-order valence-corrected chi connectivity index (χ3v) is 4.77. The minimum atomic E-state index is -1.22. The number of thioether (sulfide) groups is 1. The van der Waals surface area contributed by atoms with E-state index in [1.165, 1.54) is 17.7 Å². The zero-order valence-electron chi connectivity index (χ0n) is 10.6. The lowest BCUT2D eigenvalue weighted by Crippen LogP contribution is -2.00. The van der Waals surface area contributed by atoms with Crippen LogP contribution in [0.15, 0.2) is 53.4 Å². The van der Waals surface area contributed by atoms with Gasteiger partial charge in [0.1, 0.15) is 5.82 Å². The molecular formula is C16H13FO2S. The minimum absolute atomic E-state index is 0.257. The molecule has 0 spiro atoms. The van der Waals surface area contributed by atoms with Gasteiger partial charge in [0.05, 0.1) is 5.56 Å². The Morgan fingerprint density at radius 1 is 1.20 bits per heavy atom. The molecule has 0 saturated heterocycles. The normalized spacial score (nSPS) is 20.6. The standard InChI is InChI=1S/C16H13FO2S/c17-14-7-6-11(8-13(14)16(18)19)20-15-9-12(15)10-4-2-1-3-5-10/h1-8,12,15H,9H2,(H,18,19). The zero-order valence-corrected chi connectivity index (χ0v) is 11.4. The molecular weight excluding hydrogens is 275 g/mol. The summed E-state index contributed by atoms with van der Waals surface area (Å²) < 4.78 is 13.3. The number of carboxylic acids is 1. The molecule has 2 nitrogen and oxygen atoms in total. The summed E-state index contributed by atoms with van der Waals surface area (Å²) in [5, 5.41) is 9.37. The van der Waals surface area contributed by atoms with Crippen LogP contribution in [0.1, 0.15) is 28.3 Å². The summed E-state index contributed by atoms with van der Waals surface area (Å²) in [6.07, 6.45) is 1.08. The lowest BCUT2D eigenvalue weighted by molar-refractivity contribution is 0.0691. The Kier molecular flexibility index (Phi) is 3.49. The van der Waals surface area contributed by atoms with Crippen molar-refractivity contribution in [3.8, 4) is 0 Å². The summed E-state index contributed by atoms with van der Waals surface area (Å²) in [5.41, 5.74) is 1.05. The zero-order chi connectivity index (χ0) is 14.1. The highest BCUT2D eigenvalue weighted by atomic mass is 32.2. The van der Waals surface area contributed by atoms with E-state index in [-0.39, 0.29) is 5.56 Å². The van der Waals surface area contributed by atoms with E-state index in [4.69, 9.17) is 5.11 Å². The quantitative estimate of drug-likeness (QED) is 0.917. The summed E-state index contributed by atoms with van der Waals surface area (Å²) in [6, 6.07) is 14.6. The van der Waals surface area contributed by atoms with E-state index in [9.17, 15) is 9.18 Å². The molecule has 0 aromatic heterocycles. The molecule has 0 radical (unpaired) electrons. The van der Waals surface area contributed by atoms with Gasteiger partial charge in [0, 0.05) is 10.1 Å². The van der Waals surface area contributed by atoms with Crippen molar-refractivity contribution < 1.29 is 14.3 Å². The van der Waals surface area contributed by atoms with E-state index in [0.717, 1.165) is 11.3 Å². The number of aromatic carboxylic acids is 1. The summed E-state index contributed by atoms with van der Waals surface area (Å²) in [5.74, 6) is -1.39. The van der Waals surface area contributed by atoms with Crippen LogP contribution in [0.25, 0.3) is 0 Å². The highest BCUT2D eigenvalue weighted by molar-refractivity contribution is 8.00. The molecule has 1 saturated carbocycles. The number of carboxylic acid groups (broad SMARTS) is 1. The van der Waals surface area contributed by atoms with Crippen LogP contribution in [0.3, 0.4) is 0 Å². The first-order valence-electron chi connectivity index (χ1n) is 6.39. The van der Waals surface area contributed by atoms with Crippen LogP contribution in [0.5, 0.6) is 0 Å². The Bertz CT molecular complexity index is 642. The molecule has 4 heteroatoms. The maximum Gasteiger partial charge on any atom is 0.338 e. The molecule has 0 amide bonds. The summed E-state index contributed by atoms with van der Waals surface area (Å²) >= 11 is 1.62. The van der Waals surface area contributed by atoms with Gasteiger partial charge < -0.3 is 5.11 Å². The van der Waals surface area contributed by atoms with Gasteiger partial charge in [-0.2, -0.15) is 0 Å². The van der Waals surface area contributed by atoms with Crippen LogP contribution in [-0.2, 0) is 0 Å². The molecule has 1 aliphatic rings. The van der Waals surface area contributed by atoms with Gasteiger partial charge in [0.2, 0.25) is 0 Å². The van der Waals surface area contributed by atoms with Crippen molar-refractivity contribution in [1.29, 1.82) is 0 Å². The second-order valence-electron chi connectivity index (χ2n) is 4.86. The van der Waals surface area contributed by atoms with Crippen LogP contribution < -0.4 is 0 Å². The van der Waals surface area contributed by atoms with Gasteiger partial charge in [-0.15, -0.1) is 11.8 Å². The second-order valence-corrected chi connectivity index (χ2v) is 6.17. The van der Waals surface area contributed by atoms with Gasteiger partial charge in [0.25, 0.3) is 0 Å². The topological polar surface area (TPSA) is 37.3 Å². The van der Waals surface area contributed by atoms with Gasteiger partial charge >= 0.3 is 5.97 Å². The lowest BCUT2D eigenvalue weighted by Gasteiger charge is -2.04. The molecule has 2 atom stereocenters. The number of rotatable bonds is 4. The van der Waals surface area contributed by atoms with Crippen molar-refractivity contribution >= 4 is 17.7 Å². The van der Waals surface area contributed by atoms with Crippen molar-refractivity contribution in [2.45, 2.75) is 22.5 Å². The lowest BCUT2D eigenvalue weighted by atomic mass is 10.1. The fraction of sp³-hybridized carbons (Fsp3) is 0.188. The first-order chi connectivity index (χ1) is 9.65. The third-order valence-electron chi connectivity index (χ3n) is 3.42. The molecule has 1 fully saturated rings. The SMILES string of the molecule is O=C(O)c1cc(SC2CC2c2ccccc2)ccc1F. The maximum absolute atomic E-state index is 13.3. The van der Waals surface area contributed by atoms with Gasteiger partial charge in [-0.1, -0.05) is 30.3 Å². The van der Waals surface area contributed by atoms with Gasteiger partial charge in [0.15, 0.2) is 0 Å². The number of hydrogen-bond acceptors (Lipinski definition) is 2. The molecule has 2 aromatic carbocycles. The third kappa shape index (κ3) is 2.70. The molecule has 1 aliphatic carbocycles. The molecule has 102 valence electrons. The van der Waals surface area contributed by atoms with Crippen LogP contribution in [-0.4, -0.2) is 16.3 Å². The molecule has 2 aromatic rings. The molecule has 1 N–H and O–H groups in total. The average molecular weight is 288 g/mol. The smallest absolute Gasteiger partial charge is 0.338 e. The van der Waals surface area contributed by atoms with Crippen LogP contribution >= 0.6 is 11.8 Å². The van der Waals surface area contributed by atoms with E-state index in [1.807, 2.05) is 18.2 Å². The maximum atomic E-state index is 13.3. The van der Waals surface area contributed by atoms with Gasteiger partial charge in [-0.25, -0.2) is 9.18 Å². The van der Waals surface area contributed by atoms with E-state index >= 15 is 0 Å². The van der Waals surface area contributed by atoms with Gasteiger partial charge in [-0.3, -0.25) is 0 Å². The van der Waals surface area contributed by atoms with Crippen LogP contribution in [0, 0.1) is 5.82 Å². The van der Waals surface area contributed by atoms with Crippen molar-refractivity contribution in [3.63, 3.8) is 0 Å². The summed E-state index contributed by atoms with van der Waals surface area (Å²) in [4.78, 5) is 11.7. The Labute approximate surface area is 120 Å². The number of halogens is 1. The largest absolute Gasteiger partial charge is 0.478 e. The average Bonchev–Trinajstić information content (AvgIpc) is 3.21. The predicted molar refractivity (Wildman–Crippen MR) is 76.8 cm³/mol. The molecule has 0 aliphatic heterocycles. The Morgan fingerprint density at radius 3 is 2.65 bits per heavy atom. The van der Waals surface area contributed by atoms with Crippen molar-refractivity contribution in [2.75, 3.05) is 0 Å². The molecule has 20 heavy (non-hydrogen) atoms. The van der Waals surface area contributed by atoms with Gasteiger partial charge in [-0.05, 0) is 36.1 Å². The van der Waals surface area contributed by atoms with E-state index in [1.54, 1.807) is 17.8 Å². The molecule has 3 rings (SSSR count).